The third-order valence-corrected chi connectivity index (χ3v) is 1.19. The average molecular weight is 137 g/mol. The van der Waals surface area contributed by atoms with Gasteiger partial charge < -0.3 is 0 Å². The smallest absolute Gasteiger partial charge is 0.0298 e. The van der Waals surface area contributed by atoms with E-state index in [1.165, 1.54) is 0 Å². The molecule has 0 N–H and O–H groups in total. The molecule has 0 aliphatic heterocycles. The molecule has 0 aromatic rings. The summed E-state index contributed by atoms with van der Waals surface area (Å²) in [5, 5.41) is 0. The molecular weight excluding hydrogens is 122 g/mol. The van der Waals surface area contributed by atoms with Gasteiger partial charge in [-0.15, -0.1) is 0 Å². The minimum atomic E-state index is 1.07. The van der Waals surface area contributed by atoms with Crippen molar-refractivity contribution >= 4 is 5.71 Å². The second-order valence-electron chi connectivity index (χ2n) is 2.67. The van der Waals surface area contributed by atoms with Crippen molar-refractivity contribution in [3.8, 4) is 0 Å². The molecule has 0 heterocycles. The van der Waals surface area contributed by atoms with Gasteiger partial charge in [-0.25, -0.2) is 0 Å². The maximum Gasteiger partial charge on any atom is 0.0298 e. The van der Waals surface area contributed by atoms with Crippen LogP contribution in [0.3, 0.4) is 0 Å². The average Bonchev–Trinajstić information content (AvgIpc) is 1.82. The molecule has 0 aromatic heterocycles. The number of hydrogen-bond donors (Lipinski definition) is 0. The summed E-state index contributed by atoms with van der Waals surface area (Å²) < 4.78 is 0. The molecule has 0 aromatic carbocycles. The summed E-state index contributed by atoms with van der Waals surface area (Å²) in [6.07, 6.45) is 1.84. The SMILES string of the molecule is C=C(C)/C(C)=C\N=C(C)C. The highest BCUT2D eigenvalue weighted by molar-refractivity contribution is 5.79. The lowest BCUT2D eigenvalue weighted by atomic mass is 10.2. The third-order valence-electron chi connectivity index (χ3n) is 1.19. The predicted molar refractivity (Wildman–Crippen MR) is 47.4 cm³/mol. The van der Waals surface area contributed by atoms with Gasteiger partial charge in [0, 0.05) is 11.9 Å². The van der Waals surface area contributed by atoms with Crippen LogP contribution in [0.1, 0.15) is 27.7 Å². The molecule has 0 aliphatic carbocycles. The molecule has 0 spiro atoms. The fourth-order valence-electron chi connectivity index (χ4n) is 0.336. The van der Waals surface area contributed by atoms with E-state index in [2.05, 4.69) is 11.6 Å². The quantitative estimate of drug-likeness (QED) is 0.410. The molecule has 0 fully saturated rings. The van der Waals surface area contributed by atoms with Crippen molar-refractivity contribution in [2.45, 2.75) is 27.7 Å². The Labute approximate surface area is 63.2 Å². The molecule has 0 atom stereocenters. The molecule has 0 unspecified atom stereocenters. The standard InChI is InChI=1S/C9H15N/c1-7(2)9(5)6-10-8(3)4/h6H,1H2,2-5H3/b9-6-. The van der Waals surface area contributed by atoms with Gasteiger partial charge in [-0.3, -0.25) is 4.99 Å². The zero-order chi connectivity index (χ0) is 8.15. The number of allylic oxidation sites excluding steroid dienone is 2. The monoisotopic (exact) mass is 137 g/mol. The Hall–Kier alpha value is -0.850. The van der Waals surface area contributed by atoms with Crippen molar-refractivity contribution < 1.29 is 0 Å². The molecule has 0 saturated heterocycles. The lowest BCUT2D eigenvalue weighted by Gasteiger charge is -1.94. The summed E-state index contributed by atoms with van der Waals surface area (Å²) in [5.74, 6) is 0. The van der Waals surface area contributed by atoms with Crippen LogP contribution in [0.5, 0.6) is 0 Å². The van der Waals surface area contributed by atoms with Gasteiger partial charge in [-0.2, -0.15) is 0 Å². The summed E-state index contributed by atoms with van der Waals surface area (Å²) in [6, 6.07) is 0. The summed E-state index contributed by atoms with van der Waals surface area (Å²) in [4.78, 5) is 4.14. The van der Waals surface area contributed by atoms with Crippen LogP contribution in [0.2, 0.25) is 0 Å². The zero-order valence-electron chi connectivity index (χ0n) is 7.23. The van der Waals surface area contributed by atoms with Gasteiger partial charge in [0.2, 0.25) is 0 Å². The van der Waals surface area contributed by atoms with Gasteiger partial charge in [-0.1, -0.05) is 12.2 Å². The Morgan fingerprint density at radius 3 is 2.00 bits per heavy atom. The van der Waals surface area contributed by atoms with Crippen LogP contribution < -0.4 is 0 Å². The minimum absolute atomic E-state index is 1.07. The number of hydrogen-bond acceptors (Lipinski definition) is 1. The summed E-state index contributed by atoms with van der Waals surface area (Å²) in [5.41, 5.74) is 3.28. The van der Waals surface area contributed by atoms with E-state index >= 15 is 0 Å². The van der Waals surface area contributed by atoms with Gasteiger partial charge >= 0.3 is 0 Å². The molecule has 0 bridgehead atoms. The first kappa shape index (κ1) is 9.15. The van der Waals surface area contributed by atoms with E-state index in [1.807, 2.05) is 33.9 Å². The normalized spacial score (nSPS) is 11.0. The van der Waals surface area contributed by atoms with Crippen LogP contribution in [-0.2, 0) is 0 Å². The Morgan fingerprint density at radius 2 is 1.70 bits per heavy atom. The Balaban J connectivity index is 4.19. The Kier molecular flexibility index (Phi) is 3.70. The Morgan fingerprint density at radius 1 is 1.20 bits per heavy atom. The van der Waals surface area contributed by atoms with Crippen LogP contribution >= 0.6 is 0 Å². The summed E-state index contributed by atoms with van der Waals surface area (Å²) >= 11 is 0. The molecular formula is C9H15N. The zero-order valence-corrected chi connectivity index (χ0v) is 7.23. The lowest BCUT2D eigenvalue weighted by molar-refractivity contribution is 1.31. The number of rotatable bonds is 2. The van der Waals surface area contributed by atoms with Gasteiger partial charge in [0.1, 0.15) is 0 Å². The number of aliphatic imine (C=N–C) groups is 1. The van der Waals surface area contributed by atoms with E-state index in [9.17, 15) is 0 Å². The first-order valence-corrected chi connectivity index (χ1v) is 3.37. The van der Waals surface area contributed by atoms with Gasteiger partial charge in [0.05, 0.1) is 0 Å². The van der Waals surface area contributed by atoms with E-state index in [-0.39, 0.29) is 0 Å². The molecule has 1 heteroatoms. The molecule has 0 amide bonds. The lowest BCUT2D eigenvalue weighted by Crippen LogP contribution is -1.79. The maximum atomic E-state index is 4.14. The Bertz CT molecular complexity index is 181. The van der Waals surface area contributed by atoms with Crippen LogP contribution in [0.25, 0.3) is 0 Å². The van der Waals surface area contributed by atoms with Crippen molar-refractivity contribution in [1.29, 1.82) is 0 Å². The van der Waals surface area contributed by atoms with Crippen molar-refractivity contribution in [2.24, 2.45) is 4.99 Å². The van der Waals surface area contributed by atoms with Crippen LogP contribution in [0, 0.1) is 0 Å². The summed E-state index contributed by atoms with van der Waals surface area (Å²) in [7, 11) is 0. The van der Waals surface area contributed by atoms with Gasteiger partial charge in [-0.05, 0) is 33.3 Å². The predicted octanol–water partition coefficient (Wildman–Crippen LogP) is 2.95. The highest BCUT2D eigenvalue weighted by Gasteiger charge is 1.85. The molecule has 56 valence electrons. The van der Waals surface area contributed by atoms with E-state index in [4.69, 9.17) is 0 Å². The molecule has 0 rings (SSSR count). The van der Waals surface area contributed by atoms with Gasteiger partial charge in [0.15, 0.2) is 0 Å². The summed E-state index contributed by atoms with van der Waals surface area (Å²) in [6.45, 7) is 11.7. The van der Waals surface area contributed by atoms with Gasteiger partial charge in [0.25, 0.3) is 0 Å². The number of nitrogens with zero attached hydrogens (tertiary/aromatic N) is 1. The highest BCUT2D eigenvalue weighted by atomic mass is 14.7. The minimum Gasteiger partial charge on any atom is -0.266 e. The van der Waals surface area contributed by atoms with Crippen LogP contribution in [0.15, 0.2) is 28.9 Å². The van der Waals surface area contributed by atoms with Crippen LogP contribution in [0.4, 0.5) is 0 Å². The van der Waals surface area contributed by atoms with Crippen LogP contribution in [-0.4, -0.2) is 5.71 Å². The first-order chi connectivity index (χ1) is 4.54. The van der Waals surface area contributed by atoms with Crippen molar-refractivity contribution in [3.05, 3.63) is 23.9 Å². The second-order valence-corrected chi connectivity index (χ2v) is 2.67. The molecule has 10 heavy (non-hydrogen) atoms. The van der Waals surface area contributed by atoms with E-state index in [0.29, 0.717) is 0 Å². The van der Waals surface area contributed by atoms with Crippen molar-refractivity contribution in [1.82, 2.24) is 0 Å². The largest absolute Gasteiger partial charge is 0.266 e. The van der Waals surface area contributed by atoms with Crippen molar-refractivity contribution in [2.75, 3.05) is 0 Å². The third kappa shape index (κ3) is 4.07. The van der Waals surface area contributed by atoms with Crippen molar-refractivity contribution in [3.63, 3.8) is 0 Å². The molecule has 0 radical (unpaired) electrons. The fourth-order valence-corrected chi connectivity index (χ4v) is 0.336. The van der Waals surface area contributed by atoms with E-state index < -0.39 is 0 Å². The van der Waals surface area contributed by atoms with E-state index in [1.54, 1.807) is 0 Å². The van der Waals surface area contributed by atoms with E-state index in [0.717, 1.165) is 16.9 Å². The topological polar surface area (TPSA) is 12.4 Å². The molecule has 0 aliphatic rings. The first-order valence-electron chi connectivity index (χ1n) is 3.37. The second kappa shape index (κ2) is 4.04. The molecule has 1 nitrogen and oxygen atoms in total. The highest BCUT2D eigenvalue weighted by Crippen LogP contribution is 2.04. The fraction of sp³-hybridized carbons (Fsp3) is 0.444. The maximum absolute atomic E-state index is 4.14. The molecule has 0 saturated carbocycles.